The van der Waals surface area contributed by atoms with Gasteiger partial charge in [0.15, 0.2) is 5.78 Å². The zero-order chi connectivity index (χ0) is 12.5. The minimum Gasteiger partial charge on any atom is -0.466 e. The van der Waals surface area contributed by atoms with Crippen molar-refractivity contribution in [2.75, 3.05) is 26.4 Å². The van der Waals surface area contributed by atoms with Crippen LogP contribution in [0.1, 0.15) is 32.6 Å². The molecule has 1 aliphatic rings. The van der Waals surface area contributed by atoms with Gasteiger partial charge in [0.25, 0.3) is 0 Å². The molecule has 0 radical (unpaired) electrons. The minimum absolute atomic E-state index is 0.0430. The van der Waals surface area contributed by atoms with Crippen LogP contribution in [0.15, 0.2) is 0 Å². The van der Waals surface area contributed by atoms with E-state index in [0.717, 1.165) is 25.9 Å². The van der Waals surface area contributed by atoms with Crippen LogP contribution < -0.4 is 0 Å². The standard InChI is InChI=1S/C12H20O5/c1-2-16-12(14)7-10(13)8-15-9-11-5-3-4-6-17-11/h11H,2-9H2,1H3. The highest BCUT2D eigenvalue weighted by Gasteiger charge is 2.15. The molecule has 5 heteroatoms. The van der Waals surface area contributed by atoms with Crippen LogP contribution in [-0.4, -0.2) is 44.3 Å². The van der Waals surface area contributed by atoms with Crippen LogP contribution in [0, 0.1) is 0 Å². The average molecular weight is 244 g/mol. The van der Waals surface area contributed by atoms with Crippen molar-refractivity contribution in [2.45, 2.75) is 38.7 Å². The zero-order valence-electron chi connectivity index (χ0n) is 10.3. The molecule has 1 unspecified atom stereocenters. The Morgan fingerprint density at radius 3 is 2.82 bits per heavy atom. The van der Waals surface area contributed by atoms with Crippen LogP contribution >= 0.6 is 0 Å². The summed E-state index contributed by atoms with van der Waals surface area (Å²) in [6, 6.07) is 0. The molecule has 0 aromatic carbocycles. The summed E-state index contributed by atoms with van der Waals surface area (Å²) < 4.78 is 15.4. The van der Waals surface area contributed by atoms with Crippen molar-refractivity contribution in [1.29, 1.82) is 0 Å². The minimum atomic E-state index is -0.491. The number of hydrogen-bond donors (Lipinski definition) is 0. The van der Waals surface area contributed by atoms with Gasteiger partial charge in [-0.15, -0.1) is 0 Å². The lowest BCUT2D eigenvalue weighted by Crippen LogP contribution is -2.26. The summed E-state index contributed by atoms with van der Waals surface area (Å²) in [4.78, 5) is 22.3. The molecule has 5 nitrogen and oxygen atoms in total. The molecule has 0 aromatic heterocycles. The Morgan fingerprint density at radius 2 is 2.18 bits per heavy atom. The Hall–Kier alpha value is -0.940. The first-order valence-electron chi connectivity index (χ1n) is 6.09. The van der Waals surface area contributed by atoms with Crippen LogP contribution in [0.5, 0.6) is 0 Å². The molecule has 0 aliphatic carbocycles. The number of Topliss-reactive ketones (excluding diaryl/α,β-unsaturated/α-hetero) is 1. The van der Waals surface area contributed by atoms with E-state index in [9.17, 15) is 9.59 Å². The van der Waals surface area contributed by atoms with Crippen LogP contribution in [-0.2, 0) is 23.8 Å². The molecule has 0 N–H and O–H groups in total. The topological polar surface area (TPSA) is 61.8 Å². The lowest BCUT2D eigenvalue weighted by molar-refractivity contribution is -0.146. The lowest BCUT2D eigenvalue weighted by atomic mass is 10.1. The highest BCUT2D eigenvalue weighted by Crippen LogP contribution is 2.12. The molecule has 1 saturated heterocycles. The normalized spacial score (nSPS) is 19.9. The van der Waals surface area contributed by atoms with Crippen molar-refractivity contribution in [3.63, 3.8) is 0 Å². The molecular weight excluding hydrogens is 224 g/mol. The van der Waals surface area contributed by atoms with E-state index in [4.69, 9.17) is 9.47 Å². The molecule has 1 rings (SSSR count). The van der Waals surface area contributed by atoms with Gasteiger partial charge in [0.05, 0.1) is 19.3 Å². The van der Waals surface area contributed by atoms with E-state index in [1.165, 1.54) is 0 Å². The molecule has 0 amide bonds. The summed E-state index contributed by atoms with van der Waals surface area (Å²) in [6.45, 7) is 3.15. The molecule has 1 fully saturated rings. The van der Waals surface area contributed by atoms with Gasteiger partial charge in [-0.2, -0.15) is 0 Å². The van der Waals surface area contributed by atoms with Crippen molar-refractivity contribution in [3.05, 3.63) is 0 Å². The molecule has 1 heterocycles. The number of esters is 1. The SMILES string of the molecule is CCOC(=O)CC(=O)COCC1CCCCO1. The first-order valence-corrected chi connectivity index (χ1v) is 6.09. The predicted octanol–water partition coefficient (Wildman–Crippen LogP) is 1.09. The quantitative estimate of drug-likeness (QED) is 0.495. The van der Waals surface area contributed by atoms with Gasteiger partial charge >= 0.3 is 5.97 Å². The summed E-state index contributed by atoms with van der Waals surface area (Å²) in [7, 11) is 0. The number of rotatable bonds is 7. The molecular formula is C12H20O5. The number of carbonyl (C=O) groups is 2. The highest BCUT2D eigenvalue weighted by molar-refractivity contribution is 5.96. The van der Waals surface area contributed by atoms with E-state index in [0.29, 0.717) is 13.2 Å². The second kappa shape index (κ2) is 8.20. The van der Waals surface area contributed by atoms with Gasteiger partial charge in [-0.1, -0.05) is 0 Å². The zero-order valence-corrected chi connectivity index (χ0v) is 10.3. The summed E-state index contributed by atoms with van der Waals surface area (Å²) >= 11 is 0. The monoisotopic (exact) mass is 244 g/mol. The molecule has 1 atom stereocenters. The van der Waals surface area contributed by atoms with Crippen molar-refractivity contribution in [1.82, 2.24) is 0 Å². The maximum Gasteiger partial charge on any atom is 0.313 e. The van der Waals surface area contributed by atoms with Gasteiger partial charge in [-0.3, -0.25) is 9.59 Å². The fraction of sp³-hybridized carbons (Fsp3) is 0.833. The van der Waals surface area contributed by atoms with Gasteiger partial charge in [0.2, 0.25) is 0 Å². The summed E-state index contributed by atoms with van der Waals surface area (Å²) in [5.74, 6) is -0.741. The van der Waals surface area contributed by atoms with Gasteiger partial charge < -0.3 is 14.2 Å². The summed E-state index contributed by atoms with van der Waals surface area (Å²) in [5, 5.41) is 0. The molecule has 17 heavy (non-hydrogen) atoms. The van der Waals surface area contributed by atoms with Crippen LogP contribution in [0.3, 0.4) is 0 Å². The van der Waals surface area contributed by atoms with Gasteiger partial charge in [-0.25, -0.2) is 0 Å². The molecule has 98 valence electrons. The number of ether oxygens (including phenoxy) is 3. The van der Waals surface area contributed by atoms with E-state index >= 15 is 0 Å². The van der Waals surface area contributed by atoms with Crippen molar-refractivity contribution < 1.29 is 23.8 Å². The Bertz CT molecular complexity index is 245. The van der Waals surface area contributed by atoms with Gasteiger partial charge in [-0.05, 0) is 26.2 Å². The second-order valence-corrected chi connectivity index (χ2v) is 4.02. The molecule has 0 spiro atoms. The highest BCUT2D eigenvalue weighted by atomic mass is 16.5. The Labute approximate surface area is 101 Å². The molecule has 0 aromatic rings. The van der Waals surface area contributed by atoms with Crippen LogP contribution in [0.4, 0.5) is 0 Å². The Morgan fingerprint density at radius 1 is 1.35 bits per heavy atom. The number of hydrogen-bond acceptors (Lipinski definition) is 5. The second-order valence-electron chi connectivity index (χ2n) is 4.02. The molecule has 1 aliphatic heterocycles. The summed E-state index contributed by atoms with van der Waals surface area (Å²) in [5.41, 5.74) is 0. The molecule has 0 bridgehead atoms. The van der Waals surface area contributed by atoms with Crippen molar-refractivity contribution in [3.8, 4) is 0 Å². The third-order valence-corrected chi connectivity index (χ3v) is 2.49. The fourth-order valence-electron chi connectivity index (χ4n) is 1.67. The maximum atomic E-state index is 11.3. The average Bonchev–Trinajstić information content (AvgIpc) is 2.30. The van der Waals surface area contributed by atoms with Crippen LogP contribution in [0.2, 0.25) is 0 Å². The smallest absolute Gasteiger partial charge is 0.313 e. The van der Waals surface area contributed by atoms with Crippen LogP contribution in [0.25, 0.3) is 0 Å². The maximum absolute atomic E-state index is 11.3. The van der Waals surface area contributed by atoms with Gasteiger partial charge in [0.1, 0.15) is 13.0 Å². The van der Waals surface area contributed by atoms with E-state index in [2.05, 4.69) is 4.74 Å². The lowest BCUT2D eigenvalue weighted by Gasteiger charge is -2.22. The molecule has 0 saturated carbocycles. The van der Waals surface area contributed by atoms with E-state index < -0.39 is 5.97 Å². The van der Waals surface area contributed by atoms with E-state index in [-0.39, 0.29) is 24.9 Å². The number of ketones is 1. The van der Waals surface area contributed by atoms with Crippen molar-refractivity contribution >= 4 is 11.8 Å². The fourth-order valence-corrected chi connectivity index (χ4v) is 1.67. The van der Waals surface area contributed by atoms with E-state index in [1.54, 1.807) is 6.92 Å². The predicted molar refractivity (Wildman–Crippen MR) is 60.7 cm³/mol. The third-order valence-electron chi connectivity index (χ3n) is 2.49. The number of carbonyl (C=O) groups excluding carboxylic acids is 2. The van der Waals surface area contributed by atoms with E-state index in [1.807, 2.05) is 0 Å². The third kappa shape index (κ3) is 6.38. The summed E-state index contributed by atoms with van der Waals surface area (Å²) in [6.07, 6.45) is 3.10. The largest absolute Gasteiger partial charge is 0.466 e. The van der Waals surface area contributed by atoms with Crippen molar-refractivity contribution in [2.24, 2.45) is 0 Å². The first-order chi connectivity index (χ1) is 8.22. The van der Waals surface area contributed by atoms with Gasteiger partial charge in [0, 0.05) is 6.61 Å². The first kappa shape index (κ1) is 14.1. The Kier molecular flexibility index (Phi) is 6.81. The Balaban J connectivity index is 2.05.